The monoisotopic (exact) mass is 344 g/mol. The molecule has 1 aromatic carbocycles. The highest BCUT2D eigenvalue weighted by atomic mass is 16.2. The third-order valence-electron chi connectivity index (χ3n) is 5.49. The van der Waals surface area contributed by atoms with E-state index in [9.17, 15) is 4.79 Å². The number of piperidine rings is 1. The second-order valence-corrected chi connectivity index (χ2v) is 7.40. The Morgan fingerprint density at radius 3 is 2.80 bits per heavy atom. The summed E-state index contributed by atoms with van der Waals surface area (Å²) in [6, 6.07) is 11.3. The van der Waals surface area contributed by atoms with E-state index in [1.54, 1.807) is 0 Å². The Labute approximate surface area is 151 Å². The van der Waals surface area contributed by atoms with Gasteiger partial charge in [-0.15, -0.1) is 0 Å². The number of rotatable bonds is 6. The molecule has 2 N–H and O–H groups in total. The van der Waals surface area contributed by atoms with Crippen LogP contribution in [0.5, 0.6) is 0 Å². The van der Waals surface area contributed by atoms with Crippen molar-refractivity contribution in [2.75, 3.05) is 37.6 Å². The van der Waals surface area contributed by atoms with Gasteiger partial charge in [0.05, 0.1) is 0 Å². The Hall–Kier alpha value is -1.75. The second kappa shape index (κ2) is 9.09. The minimum atomic E-state index is -0.0217. The standard InChI is InChI=1S/C20H32N4O/c1-17-8-5-6-13-23(17)14-7-12-21-20(25)22-18-11-15-24(16-18)19-9-3-2-4-10-19/h2-4,9-10,17-18H,5-8,11-16H2,1H3,(H2,21,22,25). The van der Waals surface area contributed by atoms with Crippen molar-refractivity contribution in [2.24, 2.45) is 0 Å². The van der Waals surface area contributed by atoms with Gasteiger partial charge in [0.1, 0.15) is 0 Å². The van der Waals surface area contributed by atoms with E-state index < -0.39 is 0 Å². The van der Waals surface area contributed by atoms with Gasteiger partial charge in [-0.1, -0.05) is 24.6 Å². The lowest BCUT2D eigenvalue weighted by atomic mass is 10.0. The first-order chi connectivity index (χ1) is 12.2. The van der Waals surface area contributed by atoms with E-state index in [1.807, 2.05) is 6.07 Å². The predicted molar refractivity (Wildman–Crippen MR) is 103 cm³/mol. The number of likely N-dealkylation sites (tertiary alicyclic amines) is 1. The van der Waals surface area contributed by atoms with Crippen molar-refractivity contribution in [3.8, 4) is 0 Å². The summed E-state index contributed by atoms with van der Waals surface area (Å²) in [6.45, 7) is 7.27. The molecular formula is C20H32N4O. The predicted octanol–water partition coefficient (Wildman–Crippen LogP) is 2.83. The summed E-state index contributed by atoms with van der Waals surface area (Å²) in [4.78, 5) is 17.0. The maximum atomic E-state index is 12.1. The fourth-order valence-electron chi connectivity index (χ4n) is 3.96. The largest absolute Gasteiger partial charge is 0.369 e. The van der Waals surface area contributed by atoms with Crippen LogP contribution in [0.25, 0.3) is 0 Å². The van der Waals surface area contributed by atoms with Crippen LogP contribution in [0.4, 0.5) is 10.5 Å². The molecule has 2 atom stereocenters. The Balaban J connectivity index is 1.30. The fraction of sp³-hybridized carbons (Fsp3) is 0.650. The Kier molecular flexibility index (Phi) is 6.56. The van der Waals surface area contributed by atoms with Crippen molar-refractivity contribution >= 4 is 11.7 Å². The number of urea groups is 1. The molecule has 5 nitrogen and oxygen atoms in total. The average molecular weight is 345 g/mol. The molecule has 2 aliphatic rings. The van der Waals surface area contributed by atoms with Gasteiger partial charge in [0.25, 0.3) is 0 Å². The molecule has 2 amide bonds. The minimum absolute atomic E-state index is 0.0217. The number of anilines is 1. The van der Waals surface area contributed by atoms with Crippen LogP contribution in [-0.2, 0) is 0 Å². The molecule has 0 aromatic heterocycles. The molecule has 2 fully saturated rings. The summed E-state index contributed by atoms with van der Waals surface area (Å²) in [7, 11) is 0. The van der Waals surface area contributed by atoms with E-state index in [2.05, 4.69) is 51.6 Å². The smallest absolute Gasteiger partial charge is 0.315 e. The maximum Gasteiger partial charge on any atom is 0.315 e. The van der Waals surface area contributed by atoms with Gasteiger partial charge in [-0.25, -0.2) is 4.79 Å². The van der Waals surface area contributed by atoms with Crippen molar-refractivity contribution in [1.29, 1.82) is 0 Å². The summed E-state index contributed by atoms with van der Waals surface area (Å²) in [5.41, 5.74) is 1.24. The fourth-order valence-corrected chi connectivity index (χ4v) is 3.96. The number of benzene rings is 1. The van der Waals surface area contributed by atoms with Gasteiger partial charge in [0.2, 0.25) is 0 Å². The molecule has 2 heterocycles. The summed E-state index contributed by atoms with van der Waals surface area (Å²) >= 11 is 0. The quantitative estimate of drug-likeness (QED) is 0.780. The molecule has 0 spiro atoms. The Morgan fingerprint density at radius 2 is 2.00 bits per heavy atom. The molecule has 0 bridgehead atoms. The first kappa shape index (κ1) is 18.1. The van der Waals surface area contributed by atoms with Gasteiger partial charge in [0.15, 0.2) is 0 Å². The topological polar surface area (TPSA) is 47.6 Å². The number of para-hydroxylation sites is 1. The molecule has 2 saturated heterocycles. The second-order valence-electron chi connectivity index (χ2n) is 7.40. The first-order valence-electron chi connectivity index (χ1n) is 9.81. The molecular weight excluding hydrogens is 312 g/mol. The molecule has 0 aliphatic carbocycles. The Bertz CT molecular complexity index is 536. The van der Waals surface area contributed by atoms with Crippen molar-refractivity contribution in [3.63, 3.8) is 0 Å². The first-order valence-corrected chi connectivity index (χ1v) is 9.81. The van der Waals surface area contributed by atoms with E-state index >= 15 is 0 Å². The number of nitrogens with zero attached hydrogens (tertiary/aromatic N) is 2. The normalized spacial score (nSPS) is 24.3. The van der Waals surface area contributed by atoms with Crippen molar-refractivity contribution in [1.82, 2.24) is 15.5 Å². The lowest BCUT2D eigenvalue weighted by Gasteiger charge is -2.33. The molecule has 1 aromatic rings. The Morgan fingerprint density at radius 1 is 1.16 bits per heavy atom. The van der Waals surface area contributed by atoms with Crippen LogP contribution < -0.4 is 15.5 Å². The zero-order valence-electron chi connectivity index (χ0n) is 15.4. The van der Waals surface area contributed by atoms with Gasteiger partial charge >= 0.3 is 6.03 Å². The molecule has 5 heteroatoms. The van der Waals surface area contributed by atoms with Crippen LogP contribution in [0.3, 0.4) is 0 Å². The lowest BCUT2D eigenvalue weighted by Crippen LogP contribution is -2.44. The molecule has 0 radical (unpaired) electrons. The van der Waals surface area contributed by atoms with Crippen molar-refractivity contribution in [2.45, 2.75) is 51.1 Å². The van der Waals surface area contributed by atoms with Gasteiger partial charge in [-0.2, -0.15) is 0 Å². The van der Waals surface area contributed by atoms with Gasteiger partial charge in [-0.3, -0.25) is 0 Å². The third-order valence-corrected chi connectivity index (χ3v) is 5.49. The van der Waals surface area contributed by atoms with Crippen LogP contribution >= 0.6 is 0 Å². The van der Waals surface area contributed by atoms with Crippen LogP contribution in [-0.4, -0.2) is 55.7 Å². The third kappa shape index (κ3) is 5.36. The van der Waals surface area contributed by atoms with Crippen molar-refractivity contribution < 1.29 is 4.79 Å². The highest BCUT2D eigenvalue weighted by Gasteiger charge is 2.24. The number of amides is 2. The molecule has 0 saturated carbocycles. The van der Waals surface area contributed by atoms with Gasteiger partial charge in [0, 0.05) is 44.0 Å². The van der Waals surface area contributed by atoms with E-state index in [-0.39, 0.29) is 12.1 Å². The molecule has 2 unspecified atom stereocenters. The maximum absolute atomic E-state index is 12.1. The van der Waals surface area contributed by atoms with Crippen LogP contribution in [0.15, 0.2) is 30.3 Å². The highest BCUT2D eigenvalue weighted by Crippen LogP contribution is 2.19. The molecule has 2 aliphatic heterocycles. The molecule has 25 heavy (non-hydrogen) atoms. The summed E-state index contributed by atoms with van der Waals surface area (Å²) in [6.07, 6.45) is 6.03. The zero-order valence-corrected chi connectivity index (χ0v) is 15.4. The number of hydrogen-bond donors (Lipinski definition) is 2. The summed E-state index contributed by atoms with van der Waals surface area (Å²) < 4.78 is 0. The van der Waals surface area contributed by atoms with E-state index in [0.717, 1.165) is 39.0 Å². The van der Waals surface area contributed by atoms with Crippen LogP contribution in [0, 0.1) is 0 Å². The van der Waals surface area contributed by atoms with E-state index in [4.69, 9.17) is 0 Å². The van der Waals surface area contributed by atoms with Gasteiger partial charge < -0.3 is 20.4 Å². The summed E-state index contributed by atoms with van der Waals surface area (Å²) in [5.74, 6) is 0. The van der Waals surface area contributed by atoms with Crippen LogP contribution in [0.1, 0.15) is 39.0 Å². The zero-order chi connectivity index (χ0) is 17.5. The minimum Gasteiger partial charge on any atom is -0.369 e. The van der Waals surface area contributed by atoms with Gasteiger partial charge in [-0.05, 0) is 51.3 Å². The van der Waals surface area contributed by atoms with E-state index in [0.29, 0.717) is 6.04 Å². The highest BCUT2D eigenvalue weighted by molar-refractivity contribution is 5.74. The number of carbonyl (C=O) groups is 1. The summed E-state index contributed by atoms with van der Waals surface area (Å²) in [5, 5.41) is 6.14. The van der Waals surface area contributed by atoms with Crippen LogP contribution in [0.2, 0.25) is 0 Å². The number of nitrogens with one attached hydrogen (secondary N) is 2. The molecule has 138 valence electrons. The number of hydrogen-bond acceptors (Lipinski definition) is 3. The average Bonchev–Trinajstić information content (AvgIpc) is 3.09. The number of carbonyl (C=O) groups excluding carboxylic acids is 1. The molecule has 3 rings (SSSR count). The SMILES string of the molecule is CC1CCCCN1CCCNC(=O)NC1CCN(c2ccccc2)C1. The van der Waals surface area contributed by atoms with E-state index in [1.165, 1.54) is 31.5 Å². The van der Waals surface area contributed by atoms with Crippen molar-refractivity contribution in [3.05, 3.63) is 30.3 Å². The lowest BCUT2D eigenvalue weighted by molar-refractivity contribution is 0.159.